The normalized spacial score (nSPS) is 12.5. The van der Waals surface area contributed by atoms with Gasteiger partial charge in [-0.15, -0.1) is 0 Å². The van der Waals surface area contributed by atoms with Crippen molar-refractivity contribution in [3.63, 3.8) is 0 Å². The molecule has 0 amide bonds. The lowest BCUT2D eigenvalue weighted by molar-refractivity contribution is 0.238. The van der Waals surface area contributed by atoms with Gasteiger partial charge in [0.2, 0.25) is 0 Å². The van der Waals surface area contributed by atoms with Crippen LogP contribution in [-0.2, 0) is 4.74 Å². The van der Waals surface area contributed by atoms with Gasteiger partial charge in [-0.05, 0) is 18.3 Å². The van der Waals surface area contributed by atoms with Crippen molar-refractivity contribution < 1.29 is 4.74 Å². The topological polar surface area (TPSA) is 33.0 Å². The molecule has 76 valence electrons. The summed E-state index contributed by atoms with van der Waals surface area (Å²) in [5.74, 6) is 1.50. The lowest BCUT2D eigenvalue weighted by Crippen LogP contribution is -2.00. The maximum absolute atomic E-state index is 8.16. The Morgan fingerprint density at radius 2 is 1.85 bits per heavy atom. The molecule has 1 unspecified atom stereocenters. The lowest BCUT2D eigenvalue weighted by Gasteiger charge is -2.10. The highest BCUT2D eigenvalue weighted by Gasteiger charge is 2.02. The number of nitrogens with zero attached hydrogens (tertiary/aromatic N) is 1. The molecule has 0 rings (SSSR count). The molecule has 0 radical (unpaired) electrons. The first-order valence-corrected chi connectivity index (χ1v) is 5.17. The van der Waals surface area contributed by atoms with E-state index in [9.17, 15) is 0 Å². The van der Waals surface area contributed by atoms with Crippen molar-refractivity contribution in [2.45, 2.75) is 46.5 Å². The monoisotopic (exact) mass is 183 g/mol. The van der Waals surface area contributed by atoms with E-state index in [0.717, 1.165) is 12.3 Å². The van der Waals surface area contributed by atoms with Crippen LogP contribution in [0.4, 0.5) is 0 Å². The summed E-state index contributed by atoms with van der Waals surface area (Å²) in [5.41, 5.74) is 0. The van der Waals surface area contributed by atoms with Gasteiger partial charge in [0.25, 0.3) is 6.26 Å². The molecule has 0 aliphatic rings. The molecular formula is C11H21NO. The van der Waals surface area contributed by atoms with Crippen LogP contribution < -0.4 is 0 Å². The Morgan fingerprint density at radius 1 is 1.15 bits per heavy atom. The van der Waals surface area contributed by atoms with E-state index >= 15 is 0 Å². The average molecular weight is 183 g/mol. The Labute approximate surface area is 81.9 Å². The van der Waals surface area contributed by atoms with Gasteiger partial charge in [0.1, 0.15) is 6.61 Å². The molecule has 0 N–H and O–H groups in total. The number of nitriles is 1. The van der Waals surface area contributed by atoms with Crippen molar-refractivity contribution in [2.24, 2.45) is 11.8 Å². The zero-order chi connectivity index (χ0) is 10.1. The molecule has 0 aromatic rings. The zero-order valence-corrected chi connectivity index (χ0v) is 9.05. The van der Waals surface area contributed by atoms with Crippen LogP contribution >= 0.6 is 0 Å². The summed E-state index contributed by atoms with van der Waals surface area (Å²) in [6.45, 7) is 7.31. The minimum Gasteiger partial charge on any atom is -0.428 e. The molecule has 2 heteroatoms. The van der Waals surface area contributed by atoms with E-state index in [0.29, 0.717) is 12.5 Å². The molecule has 0 bridgehead atoms. The highest BCUT2D eigenvalue weighted by Crippen LogP contribution is 2.14. The van der Waals surface area contributed by atoms with Crippen LogP contribution in [-0.4, -0.2) is 6.61 Å². The third-order valence-corrected chi connectivity index (χ3v) is 2.26. The van der Waals surface area contributed by atoms with Crippen molar-refractivity contribution in [2.75, 3.05) is 6.61 Å². The fraction of sp³-hybridized carbons (Fsp3) is 0.909. The molecule has 2 nitrogen and oxygen atoms in total. The summed E-state index contributed by atoms with van der Waals surface area (Å²) >= 11 is 0. The van der Waals surface area contributed by atoms with Crippen LogP contribution in [0, 0.1) is 23.4 Å². The number of hydrogen-bond acceptors (Lipinski definition) is 2. The van der Waals surface area contributed by atoms with Gasteiger partial charge in [-0.1, -0.05) is 40.0 Å². The van der Waals surface area contributed by atoms with Crippen molar-refractivity contribution in [1.82, 2.24) is 0 Å². The van der Waals surface area contributed by atoms with E-state index < -0.39 is 0 Å². The fourth-order valence-corrected chi connectivity index (χ4v) is 1.32. The largest absolute Gasteiger partial charge is 0.428 e. The molecular weight excluding hydrogens is 162 g/mol. The molecule has 0 saturated heterocycles. The van der Waals surface area contributed by atoms with Crippen molar-refractivity contribution in [3.8, 4) is 6.26 Å². The van der Waals surface area contributed by atoms with E-state index in [1.165, 1.54) is 19.3 Å². The number of ether oxygens (including phenoxy) is 1. The summed E-state index contributed by atoms with van der Waals surface area (Å²) in [6.07, 6.45) is 6.57. The maximum Gasteiger partial charge on any atom is 0.286 e. The minimum absolute atomic E-state index is 0.583. The van der Waals surface area contributed by atoms with Crippen molar-refractivity contribution in [3.05, 3.63) is 0 Å². The minimum atomic E-state index is 0.583. The Hall–Kier alpha value is -0.710. The predicted molar refractivity (Wildman–Crippen MR) is 54.0 cm³/mol. The van der Waals surface area contributed by atoms with Crippen LogP contribution in [0.15, 0.2) is 0 Å². The first-order valence-electron chi connectivity index (χ1n) is 5.17. The molecule has 0 aromatic carbocycles. The number of rotatable bonds is 7. The summed E-state index contributed by atoms with van der Waals surface area (Å²) < 4.78 is 4.64. The fourth-order valence-electron chi connectivity index (χ4n) is 1.32. The third kappa shape index (κ3) is 9.20. The molecule has 0 aliphatic carbocycles. The first-order chi connectivity index (χ1) is 6.16. The molecule has 13 heavy (non-hydrogen) atoms. The Bertz CT molecular complexity index is 149. The first kappa shape index (κ1) is 12.3. The van der Waals surface area contributed by atoms with Gasteiger partial charge in [-0.2, -0.15) is 5.26 Å². The van der Waals surface area contributed by atoms with E-state index in [2.05, 4.69) is 25.5 Å². The van der Waals surface area contributed by atoms with Crippen molar-refractivity contribution in [1.29, 1.82) is 5.26 Å². The maximum atomic E-state index is 8.16. The van der Waals surface area contributed by atoms with Gasteiger partial charge >= 0.3 is 0 Å². The summed E-state index contributed by atoms with van der Waals surface area (Å²) in [5, 5.41) is 8.16. The molecule has 1 atom stereocenters. The molecule has 0 aromatic heterocycles. The predicted octanol–water partition coefficient (Wildman–Crippen LogP) is 3.34. The highest BCUT2D eigenvalue weighted by atomic mass is 16.5. The lowest BCUT2D eigenvalue weighted by atomic mass is 9.98. The van der Waals surface area contributed by atoms with Gasteiger partial charge < -0.3 is 4.74 Å². The second-order valence-electron chi connectivity index (χ2n) is 4.16. The van der Waals surface area contributed by atoms with E-state index in [-0.39, 0.29) is 0 Å². The summed E-state index contributed by atoms with van der Waals surface area (Å²) in [7, 11) is 0. The Kier molecular flexibility index (Phi) is 7.48. The van der Waals surface area contributed by atoms with Gasteiger partial charge in [-0.25, -0.2) is 0 Å². The van der Waals surface area contributed by atoms with Crippen LogP contribution in [0.3, 0.4) is 0 Å². The standard InChI is InChI=1S/C11H21NO/c1-10(2)5-4-6-11(3)7-8-13-9-12/h10-11H,4-8H2,1-3H3. The quantitative estimate of drug-likeness (QED) is 0.448. The zero-order valence-electron chi connectivity index (χ0n) is 9.05. The van der Waals surface area contributed by atoms with E-state index in [1.807, 2.05) is 0 Å². The van der Waals surface area contributed by atoms with Gasteiger partial charge in [0.15, 0.2) is 0 Å². The van der Waals surface area contributed by atoms with Crippen LogP contribution in [0.5, 0.6) is 0 Å². The van der Waals surface area contributed by atoms with E-state index in [4.69, 9.17) is 5.26 Å². The second-order valence-corrected chi connectivity index (χ2v) is 4.16. The van der Waals surface area contributed by atoms with Gasteiger partial charge in [0.05, 0.1) is 0 Å². The molecule has 0 aliphatic heterocycles. The van der Waals surface area contributed by atoms with E-state index in [1.54, 1.807) is 6.26 Å². The number of hydrogen-bond donors (Lipinski definition) is 0. The highest BCUT2D eigenvalue weighted by molar-refractivity contribution is 4.56. The molecule has 0 saturated carbocycles. The van der Waals surface area contributed by atoms with Gasteiger partial charge in [0, 0.05) is 0 Å². The van der Waals surface area contributed by atoms with Gasteiger partial charge in [-0.3, -0.25) is 0 Å². The summed E-state index contributed by atoms with van der Waals surface area (Å²) in [6, 6.07) is 0. The SMILES string of the molecule is CC(C)CCCC(C)CCOC#N. The molecule has 0 spiro atoms. The third-order valence-electron chi connectivity index (χ3n) is 2.26. The second kappa shape index (κ2) is 7.91. The Balaban J connectivity index is 3.21. The molecule has 0 fully saturated rings. The smallest absolute Gasteiger partial charge is 0.286 e. The van der Waals surface area contributed by atoms with Crippen molar-refractivity contribution >= 4 is 0 Å². The van der Waals surface area contributed by atoms with Crippen LogP contribution in [0.2, 0.25) is 0 Å². The van der Waals surface area contributed by atoms with Crippen LogP contribution in [0.25, 0.3) is 0 Å². The average Bonchev–Trinajstić information content (AvgIpc) is 2.04. The summed E-state index contributed by atoms with van der Waals surface area (Å²) in [4.78, 5) is 0. The van der Waals surface area contributed by atoms with Crippen LogP contribution in [0.1, 0.15) is 46.5 Å². The molecule has 0 heterocycles. The Morgan fingerprint density at radius 3 is 2.38 bits per heavy atom.